The van der Waals surface area contributed by atoms with Gasteiger partial charge in [-0.3, -0.25) is 14.6 Å². The lowest BCUT2D eigenvalue weighted by molar-refractivity contribution is -0.00354. The van der Waals surface area contributed by atoms with Crippen molar-refractivity contribution in [1.29, 1.82) is 0 Å². The van der Waals surface area contributed by atoms with Crippen LogP contribution in [0.2, 0.25) is 0 Å². The summed E-state index contributed by atoms with van der Waals surface area (Å²) >= 11 is 3.58. The number of hydrogen-bond acceptors (Lipinski definition) is 4. The van der Waals surface area contributed by atoms with Crippen LogP contribution in [0.4, 0.5) is 4.39 Å². The minimum absolute atomic E-state index is 0. The summed E-state index contributed by atoms with van der Waals surface area (Å²) in [4.78, 5) is 16.7. The van der Waals surface area contributed by atoms with E-state index in [2.05, 4.69) is 25.7 Å². The average molecular weight is 484 g/mol. The van der Waals surface area contributed by atoms with Crippen LogP contribution < -0.4 is 0 Å². The molecule has 0 spiro atoms. The van der Waals surface area contributed by atoms with Crippen molar-refractivity contribution < 1.29 is 14.3 Å². The molecule has 2 aliphatic rings. The first-order chi connectivity index (χ1) is 13.5. The molecule has 1 N–H and O–H groups in total. The Bertz CT molecular complexity index is 856. The molecule has 29 heavy (non-hydrogen) atoms. The van der Waals surface area contributed by atoms with E-state index in [1.165, 1.54) is 17.7 Å². The molecule has 2 aromatic rings. The molecular formula is C22H25BrClFN2O2. The van der Waals surface area contributed by atoms with Crippen LogP contribution in [-0.4, -0.2) is 46.9 Å². The first-order valence-electron chi connectivity index (χ1n) is 9.72. The van der Waals surface area contributed by atoms with Crippen LogP contribution in [0, 0.1) is 11.7 Å². The molecular weight excluding hydrogens is 459 g/mol. The number of hydrogen-bond donors (Lipinski definition) is 1. The predicted molar refractivity (Wildman–Crippen MR) is 117 cm³/mol. The van der Waals surface area contributed by atoms with Crippen molar-refractivity contribution >= 4 is 34.1 Å². The largest absolute Gasteiger partial charge is 0.374 e. The van der Waals surface area contributed by atoms with E-state index in [1.807, 2.05) is 18.2 Å². The normalized spacial score (nSPS) is 20.3. The van der Waals surface area contributed by atoms with Crippen molar-refractivity contribution in [3.8, 4) is 0 Å². The van der Waals surface area contributed by atoms with Gasteiger partial charge >= 0.3 is 0 Å². The van der Waals surface area contributed by atoms with Gasteiger partial charge in [0.05, 0.1) is 6.54 Å². The van der Waals surface area contributed by atoms with Crippen molar-refractivity contribution in [3.05, 3.63) is 69.4 Å². The number of benzene rings is 2. The van der Waals surface area contributed by atoms with E-state index in [0.717, 1.165) is 49.1 Å². The Hall–Kier alpha value is -1.31. The van der Waals surface area contributed by atoms with Crippen LogP contribution in [0.15, 0.2) is 46.9 Å². The van der Waals surface area contributed by atoms with Crippen molar-refractivity contribution in [2.45, 2.75) is 25.6 Å². The zero-order valence-corrected chi connectivity index (χ0v) is 18.5. The van der Waals surface area contributed by atoms with Gasteiger partial charge in [-0.15, -0.1) is 12.4 Å². The molecule has 0 aromatic heterocycles. The maximum Gasteiger partial charge on any atom is 0.176 e. The van der Waals surface area contributed by atoms with Gasteiger partial charge in [-0.2, -0.15) is 0 Å². The SMILES string of the molecule is Cl.O=C(CN1CCC(CN2Cc3c(Br)cccc3C2O)CC1)c1ccc(F)cc1. The van der Waals surface area contributed by atoms with Crippen LogP contribution in [0.25, 0.3) is 0 Å². The number of carbonyl (C=O) groups is 1. The minimum Gasteiger partial charge on any atom is -0.374 e. The summed E-state index contributed by atoms with van der Waals surface area (Å²) in [6, 6.07) is 11.7. The van der Waals surface area contributed by atoms with Crippen LogP contribution in [0.1, 0.15) is 40.6 Å². The fraction of sp³-hybridized carbons (Fsp3) is 0.409. The topological polar surface area (TPSA) is 43.8 Å². The lowest BCUT2D eigenvalue weighted by Crippen LogP contribution is -2.40. The Morgan fingerprint density at radius 2 is 1.83 bits per heavy atom. The fourth-order valence-electron chi connectivity index (χ4n) is 4.22. The highest BCUT2D eigenvalue weighted by molar-refractivity contribution is 9.10. The van der Waals surface area contributed by atoms with Gasteiger partial charge in [-0.05, 0) is 67.7 Å². The molecule has 4 rings (SSSR count). The molecule has 1 saturated heterocycles. The molecule has 2 aromatic carbocycles. The molecule has 0 aliphatic carbocycles. The second-order valence-electron chi connectivity index (χ2n) is 7.76. The van der Waals surface area contributed by atoms with E-state index < -0.39 is 6.23 Å². The summed E-state index contributed by atoms with van der Waals surface area (Å²) in [6.45, 7) is 3.75. The summed E-state index contributed by atoms with van der Waals surface area (Å²) in [5.74, 6) is 0.226. The summed E-state index contributed by atoms with van der Waals surface area (Å²) in [5, 5.41) is 10.6. The van der Waals surface area contributed by atoms with E-state index in [1.54, 1.807) is 12.1 Å². The Morgan fingerprint density at radius 3 is 2.48 bits per heavy atom. The Kier molecular flexibility index (Phi) is 7.46. The number of Topliss-reactive ketones (excluding diaryl/α,β-unsaturated/α-hetero) is 1. The molecule has 2 aliphatic heterocycles. The Morgan fingerprint density at radius 1 is 1.14 bits per heavy atom. The second-order valence-corrected chi connectivity index (χ2v) is 8.61. The third kappa shape index (κ3) is 5.06. The van der Waals surface area contributed by atoms with E-state index in [0.29, 0.717) is 18.0 Å². The molecule has 4 nitrogen and oxygen atoms in total. The van der Waals surface area contributed by atoms with Gasteiger partial charge in [0, 0.05) is 28.7 Å². The van der Waals surface area contributed by atoms with E-state index in [9.17, 15) is 14.3 Å². The lowest BCUT2D eigenvalue weighted by atomic mass is 9.95. The quantitative estimate of drug-likeness (QED) is 0.640. The number of likely N-dealkylation sites (tertiary alicyclic amines) is 1. The molecule has 0 amide bonds. The lowest BCUT2D eigenvalue weighted by Gasteiger charge is -2.34. The van der Waals surface area contributed by atoms with Gasteiger partial charge in [0.1, 0.15) is 12.0 Å². The summed E-state index contributed by atoms with van der Waals surface area (Å²) in [5.41, 5.74) is 2.74. The summed E-state index contributed by atoms with van der Waals surface area (Å²) < 4.78 is 14.1. The van der Waals surface area contributed by atoms with Crippen LogP contribution in [0.5, 0.6) is 0 Å². The number of aliphatic hydroxyl groups is 1. The maximum absolute atomic E-state index is 13.0. The number of nitrogens with zero attached hydrogens (tertiary/aromatic N) is 2. The fourth-order valence-corrected chi connectivity index (χ4v) is 4.73. The van der Waals surface area contributed by atoms with Gasteiger partial charge < -0.3 is 5.11 Å². The third-order valence-electron chi connectivity index (χ3n) is 5.87. The number of ketones is 1. The zero-order chi connectivity index (χ0) is 19.7. The predicted octanol–water partition coefficient (Wildman–Crippen LogP) is 4.41. The number of aliphatic hydroxyl groups excluding tert-OH is 1. The van der Waals surface area contributed by atoms with Crippen molar-refractivity contribution in [1.82, 2.24) is 9.80 Å². The van der Waals surface area contributed by atoms with Crippen molar-refractivity contribution in [2.75, 3.05) is 26.2 Å². The van der Waals surface area contributed by atoms with Crippen molar-refractivity contribution in [3.63, 3.8) is 0 Å². The van der Waals surface area contributed by atoms with E-state index >= 15 is 0 Å². The molecule has 1 atom stereocenters. The Balaban J connectivity index is 0.00000240. The number of halogens is 3. The average Bonchev–Trinajstić information content (AvgIpc) is 3.01. The van der Waals surface area contributed by atoms with Gasteiger partial charge in [-0.25, -0.2) is 4.39 Å². The van der Waals surface area contributed by atoms with Gasteiger partial charge in [0.25, 0.3) is 0 Å². The van der Waals surface area contributed by atoms with Gasteiger partial charge in [-0.1, -0.05) is 28.1 Å². The highest BCUT2D eigenvalue weighted by atomic mass is 79.9. The van der Waals surface area contributed by atoms with Gasteiger partial charge in [0.15, 0.2) is 5.78 Å². The second kappa shape index (κ2) is 9.67. The highest BCUT2D eigenvalue weighted by Gasteiger charge is 2.32. The molecule has 0 saturated carbocycles. The first kappa shape index (κ1) is 22.4. The number of piperidine rings is 1. The smallest absolute Gasteiger partial charge is 0.176 e. The van der Waals surface area contributed by atoms with Gasteiger partial charge in [0.2, 0.25) is 0 Å². The van der Waals surface area contributed by atoms with Crippen molar-refractivity contribution in [2.24, 2.45) is 5.92 Å². The molecule has 0 bridgehead atoms. The summed E-state index contributed by atoms with van der Waals surface area (Å²) in [7, 11) is 0. The molecule has 1 fully saturated rings. The number of fused-ring (bicyclic) bond motifs is 1. The number of rotatable bonds is 5. The molecule has 1 unspecified atom stereocenters. The molecule has 156 valence electrons. The monoisotopic (exact) mass is 482 g/mol. The van der Waals surface area contributed by atoms with E-state index in [4.69, 9.17) is 0 Å². The summed E-state index contributed by atoms with van der Waals surface area (Å²) in [6.07, 6.45) is 1.49. The number of carbonyl (C=O) groups excluding carboxylic acids is 1. The molecule has 0 radical (unpaired) electrons. The van der Waals surface area contributed by atoms with Crippen LogP contribution >= 0.6 is 28.3 Å². The zero-order valence-electron chi connectivity index (χ0n) is 16.1. The van der Waals surface area contributed by atoms with E-state index in [-0.39, 0.29) is 24.0 Å². The van der Waals surface area contributed by atoms with Crippen LogP contribution in [0.3, 0.4) is 0 Å². The standard InChI is InChI=1S/C22H24BrFN2O2.ClH/c23-20-3-1-2-18-19(20)13-26(22(18)28)12-15-8-10-25(11-9-15)14-21(27)16-4-6-17(24)7-5-16;/h1-7,15,22,28H,8-14H2;1H. The highest BCUT2D eigenvalue weighted by Crippen LogP contribution is 2.37. The molecule has 2 heterocycles. The Labute approximate surface area is 185 Å². The molecule has 7 heteroatoms. The minimum atomic E-state index is -0.536. The first-order valence-corrected chi connectivity index (χ1v) is 10.5. The van der Waals surface area contributed by atoms with Crippen LogP contribution in [-0.2, 0) is 6.54 Å². The maximum atomic E-state index is 13.0. The third-order valence-corrected chi connectivity index (χ3v) is 6.62.